The number of halogens is 2. The van der Waals surface area contributed by atoms with Gasteiger partial charge in [0.15, 0.2) is 0 Å². The molecule has 0 radical (unpaired) electrons. The van der Waals surface area contributed by atoms with E-state index in [9.17, 15) is 9.90 Å². The lowest BCUT2D eigenvalue weighted by Gasteiger charge is -2.12. The predicted molar refractivity (Wildman–Crippen MR) is 107 cm³/mol. The van der Waals surface area contributed by atoms with Crippen molar-refractivity contribution in [3.8, 4) is 5.75 Å². The number of aromatic hydroxyl groups is 1. The Labute approximate surface area is 161 Å². The molecule has 0 aliphatic carbocycles. The summed E-state index contributed by atoms with van der Waals surface area (Å²) in [6, 6.07) is 10.4. The Balaban J connectivity index is 2.21. The number of fused-ring (bicyclic) bond motifs is 1. The van der Waals surface area contributed by atoms with E-state index in [1.54, 1.807) is 30.3 Å². The van der Waals surface area contributed by atoms with E-state index < -0.39 is 0 Å². The second kappa shape index (κ2) is 7.09. The van der Waals surface area contributed by atoms with Crippen LogP contribution < -0.4 is 5.56 Å². The first-order valence-corrected chi connectivity index (χ1v) is 9.20. The third-order valence-electron chi connectivity index (χ3n) is 3.65. The molecule has 3 aromatic rings. The van der Waals surface area contributed by atoms with Crippen LogP contribution in [0.15, 0.2) is 55.2 Å². The topological polar surface area (TPSA) is 67.5 Å². The van der Waals surface area contributed by atoms with Gasteiger partial charge in [-0.05, 0) is 36.4 Å². The van der Waals surface area contributed by atoms with Gasteiger partial charge in [0.2, 0.25) is 0 Å². The maximum absolute atomic E-state index is 12.9. The Morgan fingerprint density at radius 1 is 1.16 bits per heavy atom. The summed E-state index contributed by atoms with van der Waals surface area (Å²) in [7, 11) is 0. The summed E-state index contributed by atoms with van der Waals surface area (Å²) in [5.74, 6) is 0.655. The average Bonchev–Trinajstić information content (AvgIpc) is 2.57. The van der Waals surface area contributed by atoms with Crippen LogP contribution in [0.2, 0.25) is 0 Å². The van der Waals surface area contributed by atoms with Crippen LogP contribution in [-0.4, -0.2) is 21.0 Å². The number of nitrogens with zero attached hydrogens (tertiary/aromatic N) is 3. The highest BCUT2D eigenvalue weighted by atomic mass is 79.9. The zero-order chi connectivity index (χ0) is 18.1. The van der Waals surface area contributed by atoms with E-state index in [0.29, 0.717) is 22.3 Å². The average molecular weight is 465 g/mol. The molecule has 0 aliphatic heterocycles. The predicted octanol–water partition coefficient (Wildman–Crippen LogP) is 4.63. The van der Waals surface area contributed by atoms with Crippen LogP contribution in [0.4, 0.5) is 0 Å². The van der Waals surface area contributed by atoms with Crippen molar-refractivity contribution in [3.63, 3.8) is 0 Å². The van der Waals surface area contributed by atoms with Crippen LogP contribution >= 0.6 is 31.9 Å². The van der Waals surface area contributed by atoms with Gasteiger partial charge in [0.05, 0.1) is 17.1 Å². The van der Waals surface area contributed by atoms with Crippen LogP contribution in [0.1, 0.15) is 31.2 Å². The molecule has 0 amide bonds. The fourth-order valence-electron chi connectivity index (χ4n) is 2.40. The van der Waals surface area contributed by atoms with Crippen molar-refractivity contribution in [1.82, 2.24) is 9.66 Å². The molecule has 0 saturated heterocycles. The third kappa shape index (κ3) is 3.67. The normalized spacial score (nSPS) is 11.7. The number of phenols is 1. The molecule has 5 nitrogen and oxygen atoms in total. The summed E-state index contributed by atoms with van der Waals surface area (Å²) >= 11 is 6.74. The van der Waals surface area contributed by atoms with Crippen molar-refractivity contribution in [3.05, 3.63) is 67.1 Å². The Morgan fingerprint density at radius 2 is 1.84 bits per heavy atom. The maximum Gasteiger partial charge on any atom is 0.282 e. The van der Waals surface area contributed by atoms with Crippen LogP contribution in [0, 0.1) is 0 Å². The minimum absolute atomic E-state index is 0.00834. The fourth-order valence-corrected chi connectivity index (χ4v) is 3.14. The quantitative estimate of drug-likeness (QED) is 0.574. The number of benzene rings is 2. The van der Waals surface area contributed by atoms with E-state index in [-0.39, 0.29) is 17.2 Å². The number of rotatable bonds is 3. The molecule has 0 fully saturated rings. The molecule has 0 unspecified atom stereocenters. The van der Waals surface area contributed by atoms with Gasteiger partial charge in [-0.1, -0.05) is 45.7 Å². The smallest absolute Gasteiger partial charge is 0.282 e. The zero-order valence-corrected chi connectivity index (χ0v) is 16.7. The molecule has 7 heteroatoms. The molecule has 0 bridgehead atoms. The van der Waals surface area contributed by atoms with Crippen LogP contribution in [0.3, 0.4) is 0 Å². The SMILES string of the molecule is CC(C)c1nc2ccc(Br)cc2c(=O)n1N=Cc1cc(Br)ccc1O. The molecule has 3 rings (SSSR count). The monoisotopic (exact) mass is 463 g/mol. The van der Waals surface area contributed by atoms with E-state index in [2.05, 4.69) is 41.9 Å². The van der Waals surface area contributed by atoms with Crippen molar-refractivity contribution in [2.75, 3.05) is 0 Å². The lowest BCUT2D eigenvalue weighted by atomic mass is 10.2. The van der Waals surface area contributed by atoms with Gasteiger partial charge in [-0.15, -0.1) is 0 Å². The van der Waals surface area contributed by atoms with Crippen molar-refractivity contribution in [2.24, 2.45) is 5.10 Å². The molecule has 1 aromatic heterocycles. The standard InChI is InChI=1S/C18H15Br2N3O2/c1-10(2)17-22-15-5-3-13(20)8-14(15)18(25)23(17)21-9-11-7-12(19)4-6-16(11)24/h3-10,24H,1-2H3. The molecule has 2 aromatic carbocycles. The molecule has 25 heavy (non-hydrogen) atoms. The fraction of sp³-hybridized carbons (Fsp3) is 0.167. The van der Waals surface area contributed by atoms with Gasteiger partial charge in [0, 0.05) is 20.4 Å². The lowest BCUT2D eigenvalue weighted by Crippen LogP contribution is -2.23. The Bertz CT molecular complexity index is 1040. The van der Waals surface area contributed by atoms with Crippen LogP contribution in [0.25, 0.3) is 10.9 Å². The molecule has 0 spiro atoms. The first kappa shape index (κ1) is 17.8. The van der Waals surface area contributed by atoms with Crippen molar-refractivity contribution < 1.29 is 5.11 Å². The number of hydrogen-bond donors (Lipinski definition) is 1. The van der Waals surface area contributed by atoms with Gasteiger partial charge < -0.3 is 5.11 Å². The highest BCUT2D eigenvalue weighted by molar-refractivity contribution is 9.10. The second-order valence-corrected chi connectivity index (χ2v) is 7.68. The molecule has 1 heterocycles. The van der Waals surface area contributed by atoms with E-state index in [0.717, 1.165) is 8.95 Å². The Hall–Kier alpha value is -1.99. The molecule has 128 valence electrons. The Morgan fingerprint density at radius 3 is 2.56 bits per heavy atom. The molecule has 0 atom stereocenters. The first-order valence-electron chi connectivity index (χ1n) is 7.62. The lowest BCUT2D eigenvalue weighted by molar-refractivity contribution is 0.474. The summed E-state index contributed by atoms with van der Waals surface area (Å²) in [6.07, 6.45) is 1.46. The van der Waals surface area contributed by atoms with Gasteiger partial charge >= 0.3 is 0 Å². The minimum Gasteiger partial charge on any atom is -0.507 e. The van der Waals surface area contributed by atoms with Crippen LogP contribution in [-0.2, 0) is 0 Å². The minimum atomic E-state index is -0.249. The maximum atomic E-state index is 12.9. The molecular weight excluding hydrogens is 450 g/mol. The van der Waals surface area contributed by atoms with Gasteiger partial charge in [0.25, 0.3) is 5.56 Å². The summed E-state index contributed by atoms with van der Waals surface area (Å²) in [5, 5.41) is 14.7. The number of hydrogen-bond acceptors (Lipinski definition) is 4. The largest absolute Gasteiger partial charge is 0.507 e. The van der Waals surface area contributed by atoms with E-state index in [1.165, 1.54) is 10.9 Å². The highest BCUT2D eigenvalue weighted by Gasteiger charge is 2.13. The van der Waals surface area contributed by atoms with E-state index >= 15 is 0 Å². The summed E-state index contributed by atoms with van der Waals surface area (Å²) < 4.78 is 2.90. The summed E-state index contributed by atoms with van der Waals surface area (Å²) in [4.78, 5) is 17.5. The first-order chi connectivity index (χ1) is 11.9. The van der Waals surface area contributed by atoms with Gasteiger partial charge in [-0.25, -0.2) is 4.98 Å². The molecule has 0 aliphatic rings. The van der Waals surface area contributed by atoms with Crippen molar-refractivity contribution in [2.45, 2.75) is 19.8 Å². The highest BCUT2D eigenvalue weighted by Crippen LogP contribution is 2.21. The van der Waals surface area contributed by atoms with E-state index in [1.807, 2.05) is 19.9 Å². The summed E-state index contributed by atoms with van der Waals surface area (Å²) in [6.45, 7) is 3.91. The molecule has 1 N–H and O–H groups in total. The second-order valence-electron chi connectivity index (χ2n) is 5.85. The molecule has 0 saturated carbocycles. The van der Waals surface area contributed by atoms with Crippen molar-refractivity contribution in [1.29, 1.82) is 0 Å². The Kier molecular flexibility index (Phi) is 5.06. The number of aromatic nitrogens is 2. The number of phenolic OH excluding ortho intramolecular Hbond substituents is 1. The molecular formula is C18H15Br2N3O2. The zero-order valence-electron chi connectivity index (χ0n) is 13.6. The van der Waals surface area contributed by atoms with Gasteiger partial charge in [0.1, 0.15) is 11.6 Å². The van der Waals surface area contributed by atoms with Crippen LogP contribution in [0.5, 0.6) is 5.75 Å². The third-order valence-corrected chi connectivity index (χ3v) is 4.64. The summed E-state index contributed by atoms with van der Waals surface area (Å²) in [5.41, 5.74) is 0.889. The van der Waals surface area contributed by atoms with E-state index in [4.69, 9.17) is 0 Å². The van der Waals surface area contributed by atoms with Crippen molar-refractivity contribution >= 4 is 49.0 Å². The van der Waals surface area contributed by atoms with Gasteiger partial charge in [-0.2, -0.15) is 9.78 Å². The van der Waals surface area contributed by atoms with Gasteiger partial charge in [-0.3, -0.25) is 4.79 Å².